The Morgan fingerprint density at radius 3 is 2.68 bits per heavy atom. The third kappa shape index (κ3) is 5.83. The maximum Gasteiger partial charge on any atom is 0.411 e. The number of para-hydroxylation sites is 1. The van der Waals surface area contributed by atoms with Crippen molar-refractivity contribution in [2.75, 3.05) is 25.0 Å². The van der Waals surface area contributed by atoms with E-state index >= 15 is 0 Å². The molecule has 1 aliphatic rings. The van der Waals surface area contributed by atoms with Gasteiger partial charge in [-0.2, -0.15) is 4.39 Å². The molecule has 1 atom stereocenters. The lowest BCUT2D eigenvalue weighted by Crippen LogP contribution is -2.42. The van der Waals surface area contributed by atoms with Gasteiger partial charge >= 0.3 is 6.09 Å². The fourth-order valence-electron chi connectivity index (χ4n) is 4.59. The molecule has 1 aromatic carbocycles. The third-order valence-electron chi connectivity index (χ3n) is 6.91. The van der Waals surface area contributed by atoms with Crippen LogP contribution in [0.1, 0.15) is 42.8 Å². The van der Waals surface area contributed by atoms with E-state index in [2.05, 4.69) is 35.1 Å². The zero-order valence-corrected chi connectivity index (χ0v) is 20.8. The lowest BCUT2D eigenvalue weighted by atomic mass is 9.82. The largest absolute Gasteiger partial charge is 0.449 e. The Hall–Kier alpha value is -2.77. The zero-order chi connectivity index (χ0) is 24.2. The van der Waals surface area contributed by atoms with Gasteiger partial charge in [-0.25, -0.2) is 4.79 Å². The predicted molar refractivity (Wildman–Crippen MR) is 135 cm³/mol. The average Bonchev–Trinajstić information content (AvgIpc) is 3.45. The van der Waals surface area contributed by atoms with Gasteiger partial charge in [0.2, 0.25) is 0 Å². The highest BCUT2D eigenvalue weighted by Crippen LogP contribution is 2.42. The van der Waals surface area contributed by atoms with E-state index in [0.717, 1.165) is 48.5 Å². The van der Waals surface area contributed by atoms with Crippen LogP contribution in [0.25, 0.3) is 0 Å². The number of aromatic nitrogens is 1. The summed E-state index contributed by atoms with van der Waals surface area (Å²) in [6.07, 6.45) is 3.99. The highest BCUT2D eigenvalue weighted by atomic mass is 32.1. The van der Waals surface area contributed by atoms with Crippen molar-refractivity contribution in [2.24, 2.45) is 5.41 Å². The zero-order valence-electron chi connectivity index (χ0n) is 20.0. The normalized spacial score (nSPS) is 18.7. The second-order valence-corrected chi connectivity index (χ2v) is 10.8. The third-order valence-corrected chi connectivity index (χ3v) is 7.84. The van der Waals surface area contributed by atoms with Gasteiger partial charge in [-0.3, -0.25) is 15.2 Å². The molecule has 3 heterocycles. The number of carbonyl (C=O) groups excluding carboxylic acids is 1. The minimum Gasteiger partial charge on any atom is -0.449 e. The number of pyridine rings is 1. The van der Waals surface area contributed by atoms with E-state index in [1.54, 1.807) is 0 Å². The van der Waals surface area contributed by atoms with E-state index in [0.29, 0.717) is 12.3 Å². The van der Waals surface area contributed by atoms with Crippen molar-refractivity contribution in [1.29, 1.82) is 0 Å². The van der Waals surface area contributed by atoms with Gasteiger partial charge in [-0.15, -0.1) is 11.3 Å². The molecule has 0 saturated carbocycles. The number of nitrogens with zero attached hydrogens (tertiary/aromatic N) is 2. The summed E-state index contributed by atoms with van der Waals surface area (Å²) in [7, 11) is 0. The van der Waals surface area contributed by atoms with Crippen molar-refractivity contribution in [1.82, 2.24) is 9.88 Å². The van der Waals surface area contributed by atoms with E-state index in [1.807, 2.05) is 55.6 Å². The first-order valence-electron chi connectivity index (χ1n) is 11.7. The van der Waals surface area contributed by atoms with Crippen molar-refractivity contribution in [3.8, 4) is 0 Å². The summed E-state index contributed by atoms with van der Waals surface area (Å²) in [6, 6.07) is 16.9. The molecule has 1 fully saturated rings. The molecular formula is C27H32FN3O2S. The molecule has 0 bridgehead atoms. The fraction of sp³-hybridized carbons (Fsp3) is 0.407. The second kappa shape index (κ2) is 10.2. The molecule has 180 valence electrons. The number of hydrogen-bond acceptors (Lipinski definition) is 5. The van der Waals surface area contributed by atoms with Gasteiger partial charge in [0.15, 0.2) is 5.13 Å². The SMILES string of the molecule is Cc1ccc(C(C)(C)N2CC[C@@](CCc3ccc(F)s3)(COC(=O)Nc3ccccc3)C2)cn1. The van der Waals surface area contributed by atoms with Gasteiger partial charge in [-0.1, -0.05) is 24.3 Å². The first kappa shape index (κ1) is 24.4. The van der Waals surface area contributed by atoms with Crippen LogP contribution in [0.4, 0.5) is 14.9 Å². The summed E-state index contributed by atoms with van der Waals surface area (Å²) in [4.78, 5) is 20.5. The molecule has 2 aromatic heterocycles. The maximum absolute atomic E-state index is 13.5. The highest BCUT2D eigenvalue weighted by molar-refractivity contribution is 7.10. The Morgan fingerprint density at radius 1 is 1.21 bits per heavy atom. The van der Waals surface area contributed by atoms with Crippen LogP contribution in [0.15, 0.2) is 60.8 Å². The van der Waals surface area contributed by atoms with Crippen molar-refractivity contribution < 1.29 is 13.9 Å². The number of rotatable bonds is 8. The molecule has 1 amide bonds. The van der Waals surface area contributed by atoms with Crippen LogP contribution in [-0.4, -0.2) is 35.7 Å². The van der Waals surface area contributed by atoms with Crippen LogP contribution >= 0.6 is 11.3 Å². The van der Waals surface area contributed by atoms with Gasteiger partial charge in [0.25, 0.3) is 0 Å². The maximum atomic E-state index is 13.5. The van der Waals surface area contributed by atoms with E-state index < -0.39 is 6.09 Å². The van der Waals surface area contributed by atoms with E-state index in [1.165, 1.54) is 17.4 Å². The predicted octanol–water partition coefficient (Wildman–Crippen LogP) is 6.40. The molecule has 7 heteroatoms. The molecule has 0 unspecified atom stereocenters. The Kier molecular flexibility index (Phi) is 7.33. The summed E-state index contributed by atoms with van der Waals surface area (Å²) in [5.41, 5.74) is 2.46. The molecule has 1 saturated heterocycles. The van der Waals surface area contributed by atoms with Crippen LogP contribution in [0.2, 0.25) is 0 Å². The van der Waals surface area contributed by atoms with Crippen LogP contribution in [0.5, 0.6) is 0 Å². The quantitative estimate of drug-likeness (QED) is 0.405. The number of hydrogen-bond donors (Lipinski definition) is 1. The van der Waals surface area contributed by atoms with E-state index in [9.17, 15) is 9.18 Å². The summed E-state index contributed by atoms with van der Waals surface area (Å²) in [5.74, 6) is 0. The van der Waals surface area contributed by atoms with Gasteiger partial charge < -0.3 is 4.74 Å². The lowest BCUT2D eigenvalue weighted by molar-refractivity contribution is 0.0711. The summed E-state index contributed by atoms with van der Waals surface area (Å²) >= 11 is 1.19. The van der Waals surface area contributed by atoms with Gasteiger partial charge in [-0.05, 0) is 82.5 Å². The lowest BCUT2D eigenvalue weighted by Gasteiger charge is -2.38. The Morgan fingerprint density at radius 2 is 2.00 bits per heavy atom. The standard InChI is InChI=1S/C27H32FN3O2S/c1-20-9-10-21(17-29-20)26(2,3)31-16-15-27(18-31,14-13-23-11-12-24(28)34-23)19-33-25(32)30-22-7-5-4-6-8-22/h4-12,17H,13-16,18-19H2,1-3H3,(H,30,32)/t27-/m1/s1. The average molecular weight is 482 g/mol. The number of thiophene rings is 1. The van der Waals surface area contributed by atoms with Crippen LogP contribution < -0.4 is 5.32 Å². The smallest absolute Gasteiger partial charge is 0.411 e. The molecule has 0 aliphatic carbocycles. The van der Waals surface area contributed by atoms with Gasteiger partial charge in [0.1, 0.15) is 6.61 Å². The Bertz CT molecular complexity index is 1100. The summed E-state index contributed by atoms with van der Waals surface area (Å²) in [5, 5.41) is 2.64. The number of likely N-dealkylation sites (tertiary alicyclic amines) is 1. The molecule has 1 aliphatic heterocycles. The Balaban J connectivity index is 1.47. The molecule has 34 heavy (non-hydrogen) atoms. The number of amides is 1. The van der Waals surface area contributed by atoms with Crippen LogP contribution in [0, 0.1) is 17.5 Å². The van der Waals surface area contributed by atoms with Gasteiger partial charge in [0, 0.05) is 40.0 Å². The number of benzene rings is 1. The van der Waals surface area contributed by atoms with E-state index in [-0.39, 0.29) is 16.1 Å². The number of ether oxygens (including phenoxy) is 1. The molecule has 0 radical (unpaired) electrons. The number of anilines is 1. The highest BCUT2D eigenvalue weighted by Gasteiger charge is 2.44. The molecule has 4 rings (SSSR count). The minimum atomic E-state index is -0.451. The summed E-state index contributed by atoms with van der Waals surface area (Å²) < 4.78 is 19.3. The number of carbonyl (C=O) groups is 1. The topological polar surface area (TPSA) is 54.5 Å². The Labute approximate surface area is 205 Å². The first-order chi connectivity index (χ1) is 16.3. The van der Waals surface area contributed by atoms with Crippen molar-refractivity contribution in [3.63, 3.8) is 0 Å². The number of nitrogens with one attached hydrogen (secondary N) is 1. The van der Waals surface area contributed by atoms with E-state index in [4.69, 9.17) is 4.74 Å². The van der Waals surface area contributed by atoms with Crippen molar-refractivity contribution in [3.05, 3.63) is 82.1 Å². The molecule has 0 spiro atoms. The molecule has 5 nitrogen and oxygen atoms in total. The first-order valence-corrected chi connectivity index (χ1v) is 12.5. The number of halogens is 1. The molecular weight excluding hydrogens is 449 g/mol. The van der Waals surface area contributed by atoms with Crippen LogP contribution in [0.3, 0.4) is 0 Å². The van der Waals surface area contributed by atoms with Crippen molar-refractivity contribution in [2.45, 2.75) is 45.6 Å². The monoisotopic (exact) mass is 481 g/mol. The fourth-order valence-corrected chi connectivity index (χ4v) is 5.31. The second-order valence-electron chi connectivity index (χ2n) is 9.69. The van der Waals surface area contributed by atoms with Crippen molar-refractivity contribution >= 4 is 23.1 Å². The molecule has 3 aromatic rings. The number of aryl methyl sites for hydroxylation is 2. The minimum absolute atomic E-state index is 0.163. The van der Waals surface area contributed by atoms with Gasteiger partial charge in [0.05, 0.1) is 0 Å². The van der Waals surface area contributed by atoms with Crippen LogP contribution in [-0.2, 0) is 16.7 Å². The summed E-state index contributed by atoms with van der Waals surface area (Å²) in [6.45, 7) is 8.42. The molecule has 1 N–H and O–H groups in total.